The van der Waals surface area contributed by atoms with E-state index in [0.717, 1.165) is 12.8 Å². The first-order valence-corrected chi connectivity index (χ1v) is 17.2. The minimum Gasteiger partial charge on any atom is -0.481 e. The van der Waals surface area contributed by atoms with E-state index in [-0.39, 0.29) is 52.4 Å². The van der Waals surface area contributed by atoms with Gasteiger partial charge < -0.3 is 56.2 Å². The standard InChI is InChI=1S/C18H34O2.2C4H10O2.C3H8O3.C3H8O2.C2H6O/c1-2-3-4-5-6-7-8-9-10-11-12-13-14-15-16-17-18(19)20;1-4(6)2-3-5;1-2-4(6)3-5;4-1-3(6)2-5;4-2-1-3-5;1-2-3/h9-10H,2-8,11-17H2,1H3,(H,19,20);2*4-6H,2-3H2,1H3;3-6H,1-2H2;4-5H,1-3H2;3H,2H2,1H3/b10-9-;;;;;. The summed E-state index contributed by atoms with van der Waals surface area (Å²) in [6, 6.07) is 0. The number of allylic oxidation sites excluding steroid dienone is 2. The fourth-order valence-electron chi connectivity index (χ4n) is 2.79. The monoisotopic (exact) mass is 677 g/mol. The zero-order valence-electron chi connectivity index (χ0n) is 29.7. The lowest BCUT2D eigenvalue weighted by molar-refractivity contribution is -0.137. The number of rotatable bonds is 23. The summed E-state index contributed by atoms with van der Waals surface area (Å²) in [5.41, 5.74) is 0. The van der Waals surface area contributed by atoms with E-state index in [1.54, 1.807) is 13.8 Å². The fraction of sp³-hybridized carbons (Fsp3) is 0.912. The summed E-state index contributed by atoms with van der Waals surface area (Å²) in [6.45, 7) is 7.08. The molecule has 12 nitrogen and oxygen atoms in total. The van der Waals surface area contributed by atoms with Gasteiger partial charge in [-0.25, -0.2) is 0 Å². The molecule has 0 fully saturated rings. The second-order valence-corrected chi connectivity index (χ2v) is 10.5. The van der Waals surface area contributed by atoms with Crippen molar-refractivity contribution in [1.29, 1.82) is 0 Å². The number of aliphatic hydroxyl groups is 10. The Kier molecular flexibility index (Phi) is 73.6. The van der Waals surface area contributed by atoms with Crippen LogP contribution in [-0.2, 0) is 4.79 Å². The maximum Gasteiger partial charge on any atom is 0.303 e. The lowest BCUT2D eigenvalue weighted by Gasteiger charge is -1.99. The van der Waals surface area contributed by atoms with Gasteiger partial charge in [0, 0.05) is 32.8 Å². The molecule has 0 aromatic heterocycles. The van der Waals surface area contributed by atoms with Crippen LogP contribution < -0.4 is 0 Å². The number of hydrogen-bond donors (Lipinski definition) is 11. The van der Waals surface area contributed by atoms with Crippen molar-refractivity contribution in [2.24, 2.45) is 0 Å². The Balaban J connectivity index is -0.000000125. The van der Waals surface area contributed by atoms with Gasteiger partial charge in [0.05, 0.1) is 32.0 Å². The molecule has 2 atom stereocenters. The number of aliphatic carboxylic acids is 1. The molecule has 0 saturated carbocycles. The zero-order valence-corrected chi connectivity index (χ0v) is 29.7. The van der Waals surface area contributed by atoms with Gasteiger partial charge in [-0.05, 0) is 65.2 Å². The first-order chi connectivity index (χ1) is 22.0. The van der Waals surface area contributed by atoms with Crippen molar-refractivity contribution in [3.05, 3.63) is 12.2 Å². The molecule has 0 bridgehead atoms. The first kappa shape index (κ1) is 57.1. The highest BCUT2D eigenvalue weighted by Gasteiger charge is 1.96. The molecule has 11 N–H and O–H groups in total. The third-order valence-corrected chi connectivity index (χ3v) is 5.62. The smallest absolute Gasteiger partial charge is 0.303 e. The maximum absolute atomic E-state index is 10.3. The van der Waals surface area contributed by atoms with E-state index >= 15 is 0 Å². The molecule has 2 unspecified atom stereocenters. The minimum atomic E-state index is -0.954. The predicted molar refractivity (Wildman–Crippen MR) is 186 cm³/mol. The second-order valence-electron chi connectivity index (χ2n) is 10.5. The number of carbonyl (C=O) groups is 1. The lowest BCUT2D eigenvalue weighted by Crippen LogP contribution is -2.15. The number of unbranched alkanes of at least 4 members (excludes halogenated alkanes) is 11. The summed E-state index contributed by atoms with van der Waals surface area (Å²) >= 11 is 0. The summed E-state index contributed by atoms with van der Waals surface area (Å²) in [4.78, 5) is 10.3. The highest BCUT2D eigenvalue weighted by molar-refractivity contribution is 5.66. The van der Waals surface area contributed by atoms with Gasteiger partial charge in [-0.1, -0.05) is 77.4 Å². The van der Waals surface area contributed by atoms with Crippen molar-refractivity contribution >= 4 is 5.97 Å². The first-order valence-electron chi connectivity index (χ1n) is 17.2. The van der Waals surface area contributed by atoms with Crippen LogP contribution in [0.3, 0.4) is 0 Å². The van der Waals surface area contributed by atoms with Gasteiger partial charge in [0.25, 0.3) is 0 Å². The minimum absolute atomic E-state index is 0.0810. The summed E-state index contributed by atoms with van der Waals surface area (Å²) in [5.74, 6) is -0.664. The van der Waals surface area contributed by atoms with Gasteiger partial charge >= 0.3 is 5.97 Å². The second kappa shape index (κ2) is 59.3. The van der Waals surface area contributed by atoms with Crippen molar-refractivity contribution in [3.63, 3.8) is 0 Å². The third-order valence-electron chi connectivity index (χ3n) is 5.62. The molecule has 12 heteroatoms. The lowest BCUT2D eigenvalue weighted by atomic mass is 10.1. The summed E-state index contributed by atoms with van der Waals surface area (Å²) < 4.78 is 0. The number of aliphatic hydroxyl groups excluding tert-OH is 10. The van der Waals surface area contributed by atoms with Crippen LogP contribution in [0.4, 0.5) is 0 Å². The van der Waals surface area contributed by atoms with Crippen LogP contribution in [0.2, 0.25) is 0 Å². The van der Waals surface area contributed by atoms with Gasteiger partial charge in [-0.15, -0.1) is 0 Å². The van der Waals surface area contributed by atoms with Crippen LogP contribution in [0, 0.1) is 0 Å². The van der Waals surface area contributed by atoms with E-state index in [1.165, 1.54) is 70.6 Å². The Hall–Kier alpha value is -1.19. The predicted octanol–water partition coefficient (Wildman–Crippen LogP) is 3.30. The van der Waals surface area contributed by atoms with Crippen LogP contribution in [0.15, 0.2) is 12.2 Å². The third kappa shape index (κ3) is 90.2. The molecular weight excluding hydrogens is 600 g/mol. The summed E-state index contributed by atoms with van der Waals surface area (Å²) in [5, 5.41) is 88.9. The molecule has 0 rings (SSSR count). The van der Waals surface area contributed by atoms with Crippen molar-refractivity contribution in [3.8, 4) is 0 Å². The largest absolute Gasteiger partial charge is 0.481 e. The summed E-state index contributed by atoms with van der Waals surface area (Å²) in [6.07, 6.45) is 21.0. The Bertz CT molecular complexity index is 489. The topological polar surface area (TPSA) is 240 Å². The normalized spacial score (nSPS) is 11.3. The average molecular weight is 677 g/mol. The number of carboxylic acid groups (broad SMARTS) is 1. The van der Waals surface area contributed by atoms with Crippen molar-refractivity contribution in [2.45, 2.75) is 155 Å². The van der Waals surface area contributed by atoms with E-state index in [1.807, 2.05) is 6.92 Å². The van der Waals surface area contributed by atoms with Crippen LogP contribution >= 0.6 is 0 Å². The highest BCUT2D eigenvalue weighted by Crippen LogP contribution is 2.09. The van der Waals surface area contributed by atoms with Crippen molar-refractivity contribution in [1.82, 2.24) is 0 Å². The fourth-order valence-corrected chi connectivity index (χ4v) is 2.79. The van der Waals surface area contributed by atoms with Crippen molar-refractivity contribution < 1.29 is 61.0 Å². The van der Waals surface area contributed by atoms with E-state index in [4.69, 9.17) is 56.2 Å². The van der Waals surface area contributed by atoms with E-state index in [0.29, 0.717) is 25.7 Å². The molecule has 0 spiro atoms. The van der Waals surface area contributed by atoms with E-state index in [9.17, 15) is 4.79 Å². The quantitative estimate of drug-likeness (QED) is 0.0552. The van der Waals surface area contributed by atoms with E-state index < -0.39 is 18.2 Å². The van der Waals surface area contributed by atoms with Gasteiger partial charge in [-0.3, -0.25) is 4.79 Å². The molecule has 0 amide bonds. The van der Waals surface area contributed by atoms with Crippen LogP contribution in [0.5, 0.6) is 0 Å². The van der Waals surface area contributed by atoms with Gasteiger partial charge in [-0.2, -0.15) is 0 Å². The molecule has 0 aliphatic heterocycles. The van der Waals surface area contributed by atoms with Crippen LogP contribution in [0.1, 0.15) is 137 Å². The summed E-state index contributed by atoms with van der Waals surface area (Å²) in [7, 11) is 0. The van der Waals surface area contributed by atoms with E-state index in [2.05, 4.69) is 19.1 Å². The average Bonchev–Trinajstić information content (AvgIpc) is 3.03. The van der Waals surface area contributed by atoms with Gasteiger partial charge in [0.1, 0.15) is 6.10 Å². The molecule has 284 valence electrons. The Morgan fingerprint density at radius 2 is 0.957 bits per heavy atom. The van der Waals surface area contributed by atoms with Gasteiger partial charge in [0.15, 0.2) is 0 Å². The molecule has 0 aromatic rings. The number of hydrogen-bond acceptors (Lipinski definition) is 11. The number of carboxylic acids is 1. The molecular formula is C34H76O12. The maximum atomic E-state index is 10.3. The Morgan fingerprint density at radius 3 is 1.17 bits per heavy atom. The van der Waals surface area contributed by atoms with Crippen molar-refractivity contribution in [2.75, 3.05) is 46.2 Å². The molecule has 0 aliphatic carbocycles. The molecule has 0 aliphatic rings. The van der Waals surface area contributed by atoms with Gasteiger partial charge in [0.2, 0.25) is 0 Å². The van der Waals surface area contributed by atoms with Crippen LogP contribution in [0.25, 0.3) is 0 Å². The molecule has 46 heavy (non-hydrogen) atoms. The Labute approximate surface area is 280 Å². The molecule has 0 radical (unpaired) electrons. The zero-order chi connectivity index (χ0) is 36.7. The molecule has 0 saturated heterocycles. The van der Waals surface area contributed by atoms with Crippen LogP contribution in [-0.4, -0.2) is 127 Å². The SMILES string of the molecule is CC(O)CCO.CCC(O)CO.CCCCCCCC/C=C\CCCCCCCC(=O)O.CCO.OCC(O)CO.OCCCO. The molecule has 0 aromatic carbocycles. The highest BCUT2D eigenvalue weighted by atomic mass is 16.4. The molecule has 0 heterocycles. The Morgan fingerprint density at radius 1 is 0.565 bits per heavy atom.